The van der Waals surface area contributed by atoms with Crippen LogP contribution < -0.4 is 10.2 Å². The van der Waals surface area contributed by atoms with Gasteiger partial charge < -0.3 is 10.2 Å². The Hall–Kier alpha value is -2.31. The third-order valence-electron chi connectivity index (χ3n) is 4.71. The van der Waals surface area contributed by atoms with E-state index < -0.39 is 4.92 Å². The molecule has 1 saturated heterocycles. The van der Waals surface area contributed by atoms with Crippen LogP contribution in [0.1, 0.15) is 36.5 Å². The molecule has 1 aliphatic heterocycles. The second-order valence-electron chi connectivity index (χ2n) is 6.58. The van der Waals surface area contributed by atoms with Crippen LogP contribution in [0.15, 0.2) is 36.4 Å². The molecule has 0 saturated carbocycles. The summed E-state index contributed by atoms with van der Waals surface area (Å²) in [5, 5.41) is 14.8. The molecule has 1 amide bonds. The molecule has 2 aromatic rings. The summed E-state index contributed by atoms with van der Waals surface area (Å²) in [6, 6.07) is 9.59. The molecule has 6 nitrogen and oxygen atoms in total. The first kappa shape index (κ1) is 19.5. The van der Waals surface area contributed by atoms with Gasteiger partial charge in [-0.25, -0.2) is 0 Å². The minimum absolute atomic E-state index is 0.0606. The molecular formula is C19H19Cl2N3O3. The molecule has 27 heavy (non-hydrogen) atoms. The molecule has 1 atom stereocenters. The summed E-state index contributed by atoms with van der Waals surface area (Å²) in [5.74, 6) is -0.383. The van der Waals surface area contributed by atoms with Crippen molar-refractivity contribution in [1.29, 1.82) is 0 Å². The quantitative estimate of drug-likeness (QED) is 0.533. The molecule has 142 valence electrons. The van der Waals surface area contributed by atoms with Crippen molar-refractivity contribution in [3.63, 3.8) is 0 Å². The fourth-order valence-electron chi connectivity index (χ4n) is 3.30. The van der Waals surface area contributed by atoms with Crippen LogP contribution in [0.5, 0.6) is 0 Å². The van der Waals surface area contributed by atoms with Gasteiger partial charge in [0.05, 0.1) is 15.6 Å². The fraction of sp³-hybridized carbons (Fsp3) is 0.316. The van der Waals surface area contributed by atoms with Crippen molar-refractivity contribution in [2.45, 2.75) is 32.2 Å². The van der Waals surface area contributed by atoms with E-state index in [9.17, 15) is 14.9 Å². The molecule has 0 bridgehead atoms. The molecule has 1 fully saturated rings. The van der Waals surface area contributed by atoms with Crippen LogP contribution in [-0.2, 0) is 0 Å². The molecule has 1 aliphatic rings. The SMILES string of the molecule is C[C@H]1CCCCN1c1cc(NC(=O)c2cccc(Cl)c2)c(Cl)cc1[N+](=O)[O-]. The minimum Gasteiger partial charge on any atom is -0.363 e. The Labute approximate surface area is 167 Å². The lowest BCUT2D eigenvalue weighted by Crippen LogP contribution is -2.37. The number of hydrogen-bond acceptors (Lipinski definition) is 4. The van der Waals surface area contributed by atoms with Crippen LogP contribution in [0.3, 0.4) is 0 Å². The van der Waals surface area contributed by atoms with Crippen molar-refractivity contribution in [2.24, 2.45) is 0 Å². The Bertz CT molecular complexity index is 888. The van der Waals surface area contributed by atoms with E-state index in [1.165, 1.54) is 6.07 Å². The number of nitro benzene ring substituents is 1. The maximum absolute atomic E-state index is 12.5. The van der Waals surface area contributed by atoms with E-state index in [0.717, 1.165) is 25.8 Å². The van der Waals surface area contributed by atoms with Crippen molar-refractivity contribution in [1.82, 2.24) is 0 Å². The zero-order valence-electron chi connectivity index (χ0n) is 14.7. The van der Waals surface area contributed by atoms with Gasteiger partial charge in [-0.15, -0.1) is 0 Å². The van der Waals surface area contributed by atoms with Crippen LogP contribution in [0, 0.1) is 10.1 Å². The predicted octanol–water partition coefficient (Wildman–Crippen LogP) is 5.53. The van der Waals surface area contributed by atoms with Crippen molar-refractivity contribution >= 4 is 46.2 Å². The number of piperidine rings is 1. The lowest BCUT2D eigenvalue weighted by Gasteiger charge is -2.35. The van der Waals surface area contributed by atoms with E-state index in [2.05, 4.69) is 5.32 Å². The number of rotatable bonds is 4. The van der Waals surface area contributed by atoms with Gasteiger partial charge in [0.25, 0.3) is 11.6 Å². The standard InChI is InChI=1S/C19H19Cl2N3O3/c1-12-5-2-3-8-23(12)17-11-16(15(21)10-18(17)24(26)27)22-19(25)13-6-4-7-14(20)9-13/h4,6-7,9-12H,2-3,5,8H2,1H3,(H,22,25)/t12-/m0/s1. The lowest BCUT2D eigenvalue weighted by molar-refractivity contribution is -0.384. The minimum atomic E-state index is -0.439. The average Bonchev–Trinajstić information content (AvgIpc) is 2.63. The van der Waals surface area contributed by atoms with E-state index in [1.54, 1.807) is 30.3 Å². The Morgan fingerprint density at radius 2 is 2.04 bits per heavy atom. The van der Waals surface area contributed by atoms with Crippen molar-refractivity contribution < 1.29 is 9.72 Å². The van der Waals surface area contributed by atoms with E-state index >= 15 is 0 Å². The molecule has 1 N–H and O–H groups in total. The summed E-state index contributed by atoms with van der Waals surface area (Å²) in [6.07, 6.45) is 3.02. The van der Waals surface area contributed by atoms with Gasteiger partial charge in [0.2, 0.25) is 0 Å². The van der Waals surface area contributed by atoms with Crippen molar-refractivity contribution in [2.75, 3.05) is 16.8 Å². The first-order valence-electron chi connectivity index (χ1n) is 8.68. The van der Waals surface area contributed by atoms with Gasteiger partial charge in [-0.1, -0.05) is 29.3 Å². The number of nitro groups is 1. The van der Waals surface area contributed by atoms with Gasteiger partial charge in [0.1, 0.15) is 5.69 Å². The first-order valence-corrected chi connectivity index (χ1v) is 9.44. The second kappa shape index (κ2) is 8.15. The van der Waals surface area contributed by atoms with Crippen molar-refractivity contribution in [3.8, 4) is 0 Å². The molecule has 8 heteroatoms. The van der Waals surface area contributed by atoms with Gasteiger partial charge in [0, 0.05) is 29.2 Å². The Morgan fingerprint density at radius 1 is 1.26 bits per heavy atom. The van der Waals surface area contributed by atoms with Gasteiger partial charge >= 0.3 is 0 Å². The number of carbonyl (C=O) groups is 1. The molecule has 3 rings (SSSR count). The zero-order chi connectivity index (χ0) is 19.6. The van der Waals surface area contributed by atoms with Crippen LogP contribution in [0.25, 0.3) is 0 Å². The molecular weight excluding hydrogens is 389 g/mol. The largest absolute Gasteiger partial charge is 0.363 e. The summed E-state index contributed by atoms with van der Waals surface area (Å²) < 4.78 is 0. The maximum Gasteiger partial charge on any atom is 0.294 e. The Balaban J connectivity index is 1.97. The number of anilines is 2. The number of amides is 1. The number of nitrogens with one attached hydrogen (secondary N) is 1. The number of carbonyl (C=O) groups excluding carboxylic acids is 1. The van der Waals surface area contributed by atoms with Crippen LogP contribution in [0.2, 0.25) is 10.0 Å². The van der Waals surface area contributed by atoms with Gasteiger partial charge in [-0.2, -0.15) is 0 Å². The number of nitrogens with zero attached hydrogens (tertiary/aromatic N) is 2. The third kappa shape index (κ3) is 4.34. The Kier molecular flexibility index (Phi) is 5.87. The molecule has 0 unspecified atom stereocenters. The summed E-state index contributed by atoms with van der Waals surface area (Å²) in [4.78, 5) is 25.6. The predicted molar refractivity (Wildman–Crippen MR) is 108 cm³/mol. The number of benzene rings is 2. The van der Waals surface area contributed by atoms with Gasteiger partial charge in [-0.05, 0) is 50.5 Å². The number of hydrogen-bond donors (Lipinski definition) is 1. The van der Waals surface area contributed by atoms with Crippen LogP contribution in [0.4, 0.5) is 17.1 Å². The molecule has 0 aromatic heterocycles. The van der Waals surface area contributed by atoms with Gasteiger partial charge in [0.15, 0.2) is 0 Å². The molecule has 0 spiro atoms. The Morgan fingerprint density at radius 3 is 2.70 bits per heavy atom. The molecule has 0 aliphatic carbocycles. The van der Waals surface area contributed by atoms with Crippen LogP contribution in [-0.4, -0.2) is 23.4 Å². The average molecular weight is 408 g/mol. The molecule has 0 radical (unpaired) electrons. The highest BCUT2D eigenvalue weighted by molar-refractivity contribution is 6.34. The lowest BCUT2D eigenvalue weighted by atomic mass is 10.0. The normalized spacial score (nSPS) is 16.9. The summed E-state index contributed by atoms with van der Waals surface area (Å²) in [7, 11) is 0. The monoisotopic (exact) mass is 407 g/mol. The highest BCUT2D eigenvalue weighted by Crippen LogP contribution is 2.39. The zero-order valence-corrected chi connectivity index (χ0v) is 16.3. The third-order valence-corrected chi connectivity index (χ3v) is 5.26. The topological polar surface area (TPSA) is 75.5 Å². The van der Waals surface area contributed by atoms with Gasteiger partial charge in [-0.3, -0.25) is 14.9 Å². The summed E-state index contributed by atoms with van der Waals surface area (Å²) in [5.41, 5.74) is 1.12. The van der Waals surface area contributed by atoms with E-state index in [0.29, 0.717) is 22.0 Å². The second-order valence-corrected chi connectivity index (χ2v) is 7.42. The van der Waals surface area contributed by atoms with Crippen LogP contribution >= 0.6 is 23.2 Å². The van der Waals surface area contributed by atoms with Crippen molar-refractivity contribution in [3.05, 3.63) is 62.1 Å². The smallest absolute Gasteiger partial charge is 0.294 e. The highest BCUT2D eigenvalue weighted by atomic mass is 35.5. The molecule has 2 aromatic carbocycles. The summed E-state index contributed by atoms with van der Waals surface area (Å²) in [6.45, 7) is 2.77. The number of halogens is 2. The summed E-state index contributed by atoms with van der Waals surface area (Å²) >= 11 is 12.2. The van der Waals surface area contributed by atoms with E-state index in [4.69, 9.17) is 23.2 Å². The molecule has 1 heterocycles. The fourth-order valence-corrected chi connectivity index (χ4v) is 3.70. The first-order chi connectivity index (χ1) is 12.9. The van der Waals surface area contributed by atoms with E-state index in [1.807, 2.05) is 11.8 Å². The maximum atomic E-state index is 12.5. The highest BCUT2D eigenvalue weighted by Gasteiger charge is 2.27. The van der Waals surface area contributed by atoms with E-state index in [-0.39, 0.29) is 22.7 Å².